The Kier molecular flexibility index (Phi) is 60.8. The highest BCUT2D eigenvalue weighted by Gasteiger charge is 2.22. The molecule has 0 amide bonds. The van der Waals surface area contributed by atoms with Crippen LogP contribution in [0.25, 0.3) is 0 Å². The lowest BCUT2D eigenvalue weighted by atomic mass is 10.1. The summed E-state index contributed by atoms with van der Waals surface area (Å²) in [6.45, 7) is 4.39. The van der Waals surface area contributed by atoms with E-state index < -0.39 is 30.3 Å². The van der Waals surface area contributed by atoms with Gasteiger partial charge in [-0.05, 0) is 154 Å². The Bertz CT molecular complexity index is 2230. The minimum atomic E-state index is -1.66. The SMILES string of the molecule is CC/C=C\C/C=C\C/C=C\C/C=C\C/C=C\C/C=C\C/C=C\C/C=C\C/C=C\C/C=C\CCCCC(=O)OC(COC(=O)CCCCCC/C=C\C/C=C\C/C=C\C/C=C\C/C=C\C/C=C\C/C=C\C/C=C\CC)COC(OCC[N+](C)(C)C)C(=O)[O-]. The molecule has 0 bridgehead atoms. The van der Waals surface area contributed by atoms with Crippen LogP contribution in [0.1, 0.15) is 194 Å². The van der Waals surface area contributed by atoms with Crippen molar-refractivity contribution in [1.29, 1.82) is 0 Å². The van der Waals surface area contributed by atoms with Crippen LogP contribution in [0.5, 0.6) is 0 Å². The van der Waals surface area contributed by atoms with E-state index in [4.69, 9.17) is 18.9 Å². The van der Waals surface area contributed by atoms with Crippen LogP contribution in [-0.2, 0) is 33.3 Å². The number of carbonyl (C=O) groups is 3. The molecule has 0 aromatic rings. The van der Waals surface area contributed by atoms with Crippen molar-refractivity contribution < 1.29 is 42.9 Å². The number of allylic oxidation sites excluding steroid dienone is 36. The first-order chi connectivity index (χ1) is 42.6. The molecule has 0 aromatic carbocycles. The van der Waals surface area contributed by atoms with E-state index in [-0.39, 0.29) is 32.7 Å². The monoisotopic (exact) mass is 1200 g/mol. The molecule has 0 aliphatic heterocycles. The number of nitrogens with zero attached hydrogens (tertiary/aromatic N) is 1. The summed E-state index contributed by atoms with van der Waals surface area (Å²) < 4.78 is 22.6. The first kappa shape index (κ1) is 80.6. The zero-order valence-corrected chi connectivity index (χ0v) is 54.8. The second kappa shape index (κ2) is 65.6. The van der Waals surface area contributed by atoms with Crippen molar-refractivity contribution >= 4 is 17.9 Å². The first-order valence-corrected chi connectivity index (χ1v) is 32.9. The molecule has 0 N–H and O–H groups in total. The van der Waals surface area contributed by atoms with Crippen LogP contribution >= 0.6 is 0 Å². The summed E-state index contributed by atoms with van der Waals surface area (Å²) in [6, 6.07) is 0. The molecule has 0 rings (SSSR count). The van der Waals surface area contributed by atoms with E-state index in [1.54, 1.807) is 0 Å². The third-order valence-electron chi connectivity index (χ3n) is 12.7. The maximum atomic E-state index is 12.9. The van der Waals surface area contributed by atoms with E-state index in [0.717, 1.165) is 154 Å². The summed E-state index contributed by atoms with van der Waals surface area (Å²) in [5, 5.41) is 11.8. The average molecular weight is 1200 g/mol. The van der Waals surface area contributed by atoms with Gasteiger partial charge in [-0.2, -0.15) is 0 Å². The van der Waals surface area contributed by atoms with Crippen LogP contribution in [0.4, 0.5) is 0 Å². The number of ether oxygens (including phenoxy) is 4. The van der Waals surface area contributed by atoms with E-state index >= 15 is 0 Å². The van der Waals surface area contributed by atoms with E-state index in [2.05, 4.69) is 233 Å². The first-order valence-electron chi connectivity index (χ1n) is 32.9. The van der Waals surface area contributed by atoms with Gasteiger partial charge in [0.1, 0.15) is 13.2 Å². The second-order valence-electron chi connectivity index (χ2n) is 21.9. The maximum Gasteiger partial charge on any atom is 0.306 e. The Morgan fingerprint density at radius 1 is 0.345 bits per heavy atom. The molecule has 0 saturated heterocycles. The van der Waals surface area contributed by atoms with Gasteiger partial charge < -0.3 is 33.3 Å². The number of carboxylic acid groups (broad SMARTS) is 1. The van der Waals surface area contributed by atoms with Crippen molar-refractivity contribution in [2.75, 3.05) is 47.5 Å². The number of esters is 2. The van der Waals surface area contributed by atoms with Gasteiger partial charge in [0.05, 0.1) is 40.3 Å². The minimum absolute atomic E-state index is 0.120. The van der Waals surface area contributed by atoms with E-state index in [1.165, 1.54) is 0 Å². The molecule has 482 valence electrons. The van der Waals surface area contributed by atoms with E-state index in [9.17, 15) is 19.5 Å². The highest BCUT2D eigenvalue weighted by molar-refractivity contribution is 5.70. The number of carbonyl (C=O) groups excluding carboxylic acids is 3. The standard InChI is InChI=1S/C78H117NO8/c1-6-8-10-12-14-16-18-20-22-24-26-28-30-32-34-36-37-38-39-41-43-45-47-49-51-53-55-57-59-61-63-65-67-69-76(81)87-74(73-86-78(77(82)83)84-71-70-79(3,4)5)72-85-75(80)68-66-64-62-60-58-56-54-52-50-48-46-44-42-40-35-33-31-29-27-25-23-21-19-17-15-13-11-9-7-2/h8-11,14-17,20-23,26-29,32-35,37-38,41-44,47-50,53-56,59,61,74,78H,6-7,12-13,18-19,24-25,30-31,36,39-40,45-46,51-52,57-58,60,62-73H2,1-5H3/b10-8-,11-9-,16-14-,17-15-,22-20-,23-21-,28-26-,29-27-,34-32-,35-33-,38-37-,43-41-,44-42-,49-47-,50-48-,55-53-,56-54-,61-59-. The van der Waals surface area contributed by atoms with Crippen molar-refractivity contribution in [3.8, 4) is 0 Å². The molecule has 0 radical (unpaired) electrons. The van der Waals surface area contributed by atoms with Crippen molar-refractivity contribution in [1.82, 2.24) is 0 Å². The van der Waals surface area contributed by atoms with Crippen molar-refractivity contribution in [3.63, 3.8) is 0 Å². The summed E-state index contributed by atoms with van der Waals surface area (Å²) in [7, 11) is 5.88. The molecule has 9 heteroatoms. The summed E-state index contributed by atoms with van der Waals surface area (Å²) in [4.78, 5) is 37.4. The van der Waals surface area contributed by atoms with Gasteiger partial charge >= 0.3 is 11.9 Å². The lowest BCUT2D eigenvalue weighted by Crippen LogP contribution is -2.44. The molecule has 0 spiro atoms. The molecule has 9 nitrogen and oxygen atoms in total. The van der Waals surface area contributed by atoms with E-state index in [1.807, 2.05) is 21.1 Å². The molecule has 2 atom stereocenters. The molecule has 2 unspecified atom stereocenters. The predicted molar refractivity (Wildman–Crippen MR) is 370 cm³/mol. The number of unbranched alkanes of at least 4 members (excludes halogenated alkanes) is 6. The van der Waals surface area contributed by atoms with Crippen molar-refractivity contribution in [2.45, 2.75) is 206 Å². The van der Waals surface area contributed by atoms with Gasteiger partial charge in [0.2, 0.25) is 0 Å². The minimum Gasteiger partial charge on any atom is -0.545 e. The molecule has 0 aliphatic carbocycles. The number of carboxylic acids is 1. The smallest absolute Gasteiger partial charge is 0.306 e. The summed E-state index contributed by atoms with van der Waals surface area (Å²) in [5.74, 6) is -2.41. The normalized spacial score (nSPS) is 14.2. The van der Waals surface area contributed by atoms with Crippen LogP contribution in [-0.4, -0.2) is 82.3 Å². The average Bonchev–Trinajstić information content (AvgIpc) is 3.59. The zero-order valence-electron chi connectivity index (χ0n) is 54.8. The van der Waals surface area contributed by atoms with Gasteiger partial charge in [-0.25, -0.2) is 0 Å². The third kappa shape index (κ3) is 67.0. The highest BCUT2D eigenvalue weighted by Crippen LogP contribution is 2.11. The zero-order chi connectivity index (χ0) is 63.3. The number of aliphatic carboxylic acids is 1. The molecule has 0 heterocycles. The maximum absolute atomic E-state index is 12.9. The second-order valence-corrected chi connectivity index (χ2v) is 21.9. The number of quaternary nitrogens is 1. The fraction of sp³-hybridized carbons (Fsp3) is 0.500. The molecule has 87 heavy (non-hydrogen) atoms. The van der Waals surface area contributed by atoms with Gasteiger partial charge in [-0.3, -0.25) is 9.59 Å². The molecule has 0 aliphatic rings. The van der Waals surface area contributed by atoms with Gasteiger partial charge in [0, 0.05) is 12.8 Å². The van der Waals surface area contributed by atoms with Crippen molar-refractivity contribution in [3.05, 3.63) is 219 Å². The topological polar surface area (TPSA) is 111 Å². The van der Waals surface area contributed by atoms with Gasteiger partial charge in [-0.15, -0.1) is 0 Å². The summed E-state index contributed by atoms with van der Waals surface area (Å²) in [5.41, 5.74) is 0. The lowest BCUT2D eigenvalue weighted by molar-refractivity contribution is -0.870. The Morgan fingerprint density at radius 2 is 0.621 bits per heavy atom. The number of rotatable bonds is 57. The van der Waals surface area contributed by atoms with Gasteiger partial charge in [0.15, 0.2) is 12.4 Å². The Hall–Kier alpha value is -6.39. The molecule has 0 aromatic heterocycles. The van der Waals surface area contributed by atoms with Gasteiger partial charge in [0.25, 0.3) is 0 Å². The quantitative estimate of drug-likeness (QED) is 0.0195. The Morgan fingerprint density at radius 3 is 0.931 bits per heavy atom. The third-order valence-corrected chi connectivity index (χ3v) is 12.7. The van der Waals surface area contributed by atoms with Crippen LogP contribution in [0.3, 0.4) is 0 Å². The van der Waals surface area contributed by atoms with Crippen LogP contribution in [0, 0.1) is 0 Å². The highest BCUT2D eigenvalue weighted by atomic mass is 16.7. The summed E-state index contributed by atoms with van der Waals surface area (Å²) >= 11 is 0. The Balaban J connectivity index is 4.41. The fourth-order valence-corrected chi connectivity index (χ4v) is 7.75. The number of hydrogen-bond acceptors (Lipinski definition) is 8. The Labute approximate surface area is 530 Å². The van der Waals surface area contributed by atoms with Crippen LogP contribution in [0.15, 0.2) is 219 Å². The number of hydrogen-bond donors (Lipinski definition) is 0. The van der Waals surface area contributed by atoms with E-state index in [0.29, 0.717) is 23.9 Å². The van der Waals surface area contributed by atoms with Crippen LogP contribution < -0.4 is 5.11 Å². The predicted octanol–water partition coefficient (Wildman–Crippen LogP) is 19.2. The van der Waals surface area contributed by atoms with Gasteiger partial charge in [-0.1, -0.05) is 245 Å². The number of likely N-dealkylation sites (N-methyl/N-ethyl adjacent to an activating group) is 1. The molecular formula is C78H117NO8. The van der Waals surface area contributed by atoms with Crippen LogP contribution in [0.2, 0.25) is 0 Å². The molecular weight excluding hydrogens is 1080 g/mol. The lowest BCUT2D eigenvalue weighted by Gasteiger charge is -2.26. The fourth-order valence-electron chi connectivity index (χ4n) is 7.75. The van der Waals surface area contributed by atoms with Crippen molar-refractivity contribution in [2.24, 2.45) is 0 Å². The molecule has 0 fully saturated rings. The largest absolute Gasteiger partial charge is 0.545 e. The molecule has 0 saturated carbocycles. The summed E-state index contributed by atoms with van der Waals surface area (Å²) in [6.07, 6.45) is 101.